The van der Waals surface area contributed by atoms with Gasteiger partial charge in [0.1, 0.15) is 5.82 Å². The van der Waals surface area contributed by atoms with Gasteiger partial charge in [0.2, 0.25) is 5.82 Å². The van der Waals surface area contributed by atoms with Crippen LogP contribution in [0.2, 0.25) is 0 Å². The summed E-state index contributed by atoms with van der Waals surface area (Å²) in [5, 5.41) is 13.5. The molecule has 0 heterocycles. The maximum Gasteiger partial charge on any atom is 0.307 e. The number of nitrogens with zero attached hydrogens (tertiary/aromatic N) is 1. The maximum atomic E-state index is 13.7. The van der Waals surface area contributed by atoms with Crippen LogP contribution in [-0.4, -0.2) is 4.92 Å². The summed E-state index contributed by atoms with van der Waals surface area (Å²) >= 11 is 3.38. The third-order valence-electron chi connectivity index (χ3n) is 2.98. The van der Waals surface area contributed by atoms with Crippen LogP contribution in [0.1, 0.15) is 18.5 Å². The van der Waals surface area contributed by atoms with Crippen molar-refractivity contribution in [3.8, 4) is 0 Å². The van der Waals surface area contributed by atoms with Gasteiger partial charge in [-0.2, -0.15) is 4.39 Å². The fourth-order valence-corrected chi connectivity index (χ4v) is 2.55. The molecule has 1 unspecified atom stereocenters. The van der Waals surface area contributed by atoms with Crippen molar-refractivity contribution in [2.24, 2.45) is 0 Å². The molecular weight excluding hydrogens is 346 g/mol. The van der Waals surface area contributed by atoms with Crippen molar-refractivity contribution in [2.75, 3.05) is 5.32 Å². The van der Waals surface area contributed by atoms with E-state index in [9.17, 15) is 18.9 Å². The highest BCUT2D eigenvalue weighted by atomic mass is 79.9. The molecule has 110 valence electrons. The van der Waals surface area contributed by atoms with E-state index in [1.165, 1.54) is 0 Å². The van der Waals surface area contributed by atoms with Gasteiger partial charge in [0, 0.05) is 22.6 Å². The van der Waals surface area contributed by atoms with Gasteiger partial charge in [-0.15, -0.1) is 0 Å². The average molecular weight is 357 g/mol. The Morgan fingerprint density at radius 2 is 1.90 bits per heavy atom. The van der Waals surface area contributed by atoms with Crippen molar-refractivity contribution in [1.29, 1.82) is 0 Å². The number of nitrogens with one attached hydrogen (secondary N) is 1. The lowest BCUT2D eigenvalue weighted by Gasteiger charge is -2.17. The molecule has 0 aromatic heterocycles. The molecule has 7 heteroatoms. The van der Waals surface area contributed by atoms with Crippen LogP contribution in [-0.2, 0) is 0 Å². The highest BCUT2D eigenvalue weighted by molar-refractivity contribution is 9.10. The standard InChI is InChI=1S/C14H11BrF2N2O2/c1-8(9-4-2-3-5-10(9)15)18-13-7-14(19(20)21)12(17)6-11(13)16/h2-8,18H,1H3. The van der Waals surface area contributed by atoms with Crippen molar-refractivity contribution in [3.63, 3.8) is 0 Å². The van der Waals surface area contributed by atoms with Gasteiger partial charge in [0.15, 0.2) is 0 Å². The van der Waals surface area contributed by atoms with Gasteiger partial charge in [-0.3, -0.25) is 10.1 Å². The lowest BCUT2D eigenvalue weighted by Crippen LogP contribution is -2.09. The Labute approximate surface area is 128 Å². The van der Waals surface area contributed by atoms with Crippen LogP contribution in [0, 0.1) is 21.7 Å². The number of nitro benzene ring substituents is 1. The van der Waals surface area contributed by atoms with E-state index in [1.807, 2.05) is 24.3 Å². The number of nitro groups is 1. The molecule has 0 saturated heterocycles. The fraction of sp³-hybridized carbons (Fsp3) is 0.143. The zero-order valence-corrected chi connectivity index (χ0v) is 12.5. The van der Waals surface area contributed by atoms with Crippen LogP contribution in [0.3, 0.4) is 0 Å². The van der Waals surface area contributed by atoms with Gasteiger partial charge in [-0.25, -0.2) is 4.39 Å². The van der Waals surface area contributed by atoms with Gasteiger partial charge >= 0.3 is 5.69 Å². The molecule has 21 heavy (non-hydrogen) atoms. The van der Waals surface area contributed by atoms with E-state index in [1.54, 1.807) is 6.92 Å². The second-order valence-corrected chi connectivity index (χ2v) is 5.28. The van der Waals surface area contributed by atoms with E-state index in [0.717, 1.165) is 16.1 Å². The van der Waals surface area contributed by atoms with Gasteiger partial charge in [-0.1, -0.05) is 34.1 Å². The van der Waals surface area contributed by atoms with Crippen LogP contribution in [0.15, 0.2) is 40.9 Å². The van der Waals surface area contributed by atoms with Crippen LogP contribution >= 0.6 is 15.9 Å². The molecule has 1 atom stereocenters. The molecule has 4 nitrogen and oxygen atoms in total. The molecule has 1 N–H and O–H groups in total. The monoisotopic (exact) mass is 356 g/mol. The molecular formula is C14H11BrF2N2O2. The molecule has 0 fully saturated rings. The fourth-order valence-electron chi connectivity index (χ4n) is 1.93. The Hall–Kier alpha value is -2.02. The first kappa shape index (κ1) is 15.4. The molecule has 2 rings (SSSR count). The van der Waals surface area contributed by atoms with E-state index < -0.39 is 22.2 Å². The topological polar surface area (TPSA) is 55.2 Å². The first-order valence-corrected chi connectivity index (χ1v) is 6.84. The molecule has 2 aromatic rings. The van der Waals surface area contributed by atoms with Crippen molar-refractivity contribution in [3.05, 3.63) is 68.2 Å². The van der Waals surface area contributed by atoms with Gasteiger partial charge < -0.3 is 5.32 Å². The lowest BCUT2D eigenvalue weighted by atomic mass is 10.1. The molecule has 0 amide bonds. The molecule has 0 saturated carbocycles. The number of anilines is 1. The third-order valence-corrected chi connectivity index (χ3v) is 3.70. The minimum atomic E-state index is -1.20. The number of hydrogen-bond donors (Lipinski definition) is 1. The van der Waals surface area contributed by atoms with Crippen molar-refractivity contribution in [1.82, 2.24) is 0 Å². The predicted octanol–water partition coefficient (Wildman–Crippen LogP) is 4.81. The third kappa shape index (κ3) is 3.36. The second-order valence-electron chi connectivity index (χ2n) is 4.43. The zero-order chi connectivity index (χ0) is 15.6. The average Bonchev–Trinajstić information content (AvgIpc) is 2.41. The first-order chi connectivity index (χ1) is 9.90. The van der Waals surface area contributed by atoms with Crippen LogP contribution in [0.25, 0.3) is 0 Å². The van der Waals surface area contributed by atoms with E-state index in [0.29, 0.717) is 6.07 Å². The molecule has 0 aliphatic carbocycles. The predicted molar refractivity (Wildman–Crippen MR) is 79.2 cm³/mol. The smallest absolute Gasteiger partial charge is 0.307 e. The number of halogens is 3. The Kier molecular flexibility index (Phi) is 4.52. The molecule has 2 aromatic carbocycles. The summed E-state index contributed by atoms with van der Waals surface area (Å²) in [6.07, 6.45) is 0. The Morgan fingerprint density at radius 1 is 1.24 bits per heavy atom. The van der Waals surface area contributed by atoms with Crippen molar-refractivity contribution < 1.29 is 13.7 Å². The largest absolute Gasteiger partial charge is 0.376 e. The Bertz CT molecular complexity index is 695. The summed E-state index contributed by atoms with van der Waals surface area (Å²) in [5.74, 6) is -2.08. The quantitative estimate of drug-likeness (QED) is 0.631. The Balaban J connectivity index is 2.33. The number of hydrogen-bond acceptors (Lipinski definition) is 3. The molecule has 0 radical (unpaired) electrons. The summed E-state index contributed by atoms with van der Waals surface area (Å²) in [6.45, 7) is 1.77. The van der Waals surface area contributed by atoms with Crippen molar-refractivity contribution >= 4 is 27.3 Å². The van der Waals surface area contributed by atoms with Gasteiger partial charge in [0.05, 0.1) is 10.6 Å². The minimum absolute atomic E-state index is 0.119. The highest BCUT2D eigenvalue weighted by Crippen LogP contribution is 2.30. The zero-order valence-electron chi connectivity index (χ0n) is 10.9. The Morgan fingerprint density at radius 3 is 2.52 bits per heavy atom. The molecule has 0 spiro atoms. The molecule has 0 aliphatic heterocycles. The normalized spacial score (nSPS) is 12.0. The number of rotatable bonds is 4. The van der Waals surface area contributed by atoms with Crippen molar-refractivity contribution in [2.45, 2.75) is 13.0 Å². The van der Waals surface area contributed by atoms with E-state index in [2.05, 4.69) is 21.2 Å². The van der Waals surface area contributed by atoms with E-state index in [-0.39, 0.29) is 11.7 Å². The summed E-state index contributed by atoms with van der Waals surface area (Å²) in [6, 6.07) is 8.37. The lowest BCUT2D eigenvalue weighted by molar-refractivity contribution is -0.387. The van der Waals surface area contributed by atoms with Gasteiger partial charge in [-0.05, 0) is 18.6 Å². The summed E-state index contributed by atoms with van der Waals surface area (Å²) < 4.78 is 27.8. The first-order valence-electron chi connectivity index (χ1n) is 6.04. The van der Waals surface area contributed by atoms with Crippen LogP contribution in [0.4, 0.5) is 20.2 Å². The second kappa shape index (κ2) is 6.17. The van der Waals surface area contributed by atoms with E-state index >= 15 is 0 Å². The minimum Gasteiger partial charge on any atom is -0.376 e. The molecule has 0 aliphatic rings. The van der Waals surface area contributed by atoms with Gasteiger partial charge in [0.25, 0.3) is 0 Å². The van der Waals surface area contributed by atoms with E-state index in [4.69, 9.17) is 0 Å². The SMILES string of the molecule is CC(Nc1cc([N+](=O)[O-])c(F)cc1F)c1ccccc1Br. The van der Waals surface area contributed by atoms with Crippen LogP contribution < -0.4 is 5.32 Å². The summed E-state index contributed by atoms with van der Waals surface area (Å²) in [7, 11) is 0. The maximum absolute atomic E-state index is 13.7. The number of benzene rings is 2. The highest BCUT2D eigenvalue weighted by Gasteiger charge is 2.20. The molecule has 0 bridgehead atoms. The summed E-state index contributed by atoms with van der Waals surface area (Å²) in [5.41, 5.74) is -0.0338. The summed E-state index contributed by atoms with van der Waals surface area (Å²) in [4.78, 5) is 9.82. The van der Waals surface area contributed by atoms with Crippen LogP contribution in [0.5, 0.6) is 0 Å².